The van der Waals surface area contributed by atoms with Crippen LogP contribution in [0.1, 0.15) is 20.3 Å². The lowest BCUT2D eigenvalue weighted by atomic mass is 9.79. The highest BCUT2D eigenvalue weighted by molar-refractivity contribution is 4.90. The van der Waals surface area contributed by atoms with Gasteiger partial charge in [-0.3, -0.25) is 0 Å². The first-order valence-electron chi connectivity index (χ1n) is 5.10. The van der Waals surface area contributed by atoms with Gasteiger partial charge in [-0.15, -0.1) is 0 Å². The SMILES string of the molecule is CN(CCO)C1CCNCC1(C)C. The molecule has 1 atom stereocenters. The summed E-state index contributed by atoms with van der Waals surface area (Å²) in [6.07, 6.45) is 1.18. The highest BCUT2D eigenvalue weighted by Crippen LogP contribution is 2.28. The molecule has 0 spiro atoms. The third-order valence-corrected chi connectivity index (χ3v) is 3.06. The molecule has 0 amide bonds. The minimum absolute atomic E-state index is 0.260. The van der Waals surface area contributed by atoms with Crippen molar-refractivity contribution in [3.05, 3.63) is 0 Å². The second-order valence-electron chi connectivity index (χ2n) is 4.67. The smallest absolute Gasteiger partial charge is 0.0558 e. The first-order valence-corrected chi connectivity index (χ1v) is 5.10. The fourth-order valence-electron chi connectivity index (χ4n) is 2.29. The molecule has 0 radical (unpaired) electrons. The van der Waals surface area contributed by atoms with E-state index in [9.17, 15) is 0 Å². The van der Waals surface area contributed by atoms with E-state index in [4.69, 9.17) is 5.11 Å². The molecule has 0 aromatic carbocycles. The number of aliphatic hydroxyl groups excluding tert-OH is 1. The standard InChI is InChI=1S/C10H22N2O/c1-10(2)8-11-5-4-9(10)12(3)6-7-13/h9,11,13H,4-8H2,1-3H3. The third kappa shape index (κ3) is 2.66. The molecule has 1 aliphatic heterocycles. The lowest BCUT2D eigenvalue weighted by Gasteiger charge is -2.44. The molecule has 1 rings (SSSR count). The van der Waals surface area contributed by atoms with Gasteiger partial charge >= 0.3 is 0 Å². The van der Waals surface area contributed by atoms with Gasteiger partial charge in [-0.1, -0.05) is 13.8 Å². The van der Waals surface area contributed by atoms with Crippen molar-refractivity contribution in [2.24, 2.45) is 5.41 Å². The van der Waals surface area contributed by atoms with Gasteiger partial charge in [0.2, 0.25) is 0 Å². The van der Waals surface area contributed by atoms with E-state index in [0.717, 1.165) is 19.6 Å². The van der Waals surface area contributed by atoms with Crippen LogP contribution in [0, 0.1) is 5.41 Å². The molecule has 1 fully saturated rings. The van der Waals surface area contributed by atoms with E-state index >= 15 is 0 Å². The van der Waals surface area contributed by atoms with E-state index in [-0.39, 0.29) is 6.61 Å². The van der Waals surface area contributed by atoms with E-state index in [1.54, 1.807) is 0 Å². The maximum Gasteiger partial charge on any atom is 0.0558 e. The van der Waals surface area contributed by atoms with E-state index in [0.29, 0.717) is 11.5 Å². The quantitative estimate of drug-likeness (QED) is 0.665. The van der Waals surface area contributed by atoms with Crippen LogP contribution >= 0.6 is 0 Å². The number of likely N-dealkylation sites (N-methyl/N-ethyl adjacent to an activating group) is 1. The monoisotopic (exact) mass is 186 g/mol. The molecule has 1 aliphatic rings. The molecule has 3 heteroatoms. The van der Waals surface area contributed by atoms with E-state index in [1.807, 2.05) is 0 Å². The molecule has 0 aliphatic carbocycles. The van der Waals surface area contributed by atoms with Gasteiger partial charge in [-0.25, -0.2) is 0 Å². The Balaban J connectivity index is 2.54. The van der Waals surface area contributed by atoms with Gasteiger partial charge in [0, 0.05) is 19.1 Å². The predicted molar refractivity (Wildman–Crippen MR) is 54.8 cm³/mol. The number of piperidine rings is 1. The van der Waals surface area contributed by atoms with Crippen molar-refractivity contribution in [1.29, 1.82) is 0 Å². The van der Waals surface area contributed by atoms with E-state index in [1.165, 1.54) is 6.42 Å². The summed E-state index contributed by atoms with van der Waals surface area (Å²) in [7, 11) is 2.11. The second kappa shape index (κ2) is 4.40. The van der Waals surface area contributed by atoms with Crippen LogP contribution in [0.2, 0.25) is 0 Å². The fraction of sp³-hybridized carbons (Fsp3) is 1.00. The van der Waals surface area contributed by atoms with Crippen molar-refractivity contribution in [1.82, 2.24) is 10.2 Å². The van der Waals surface area contributed by atoms with Crippen LogP contribution in [0.25, 0.3) is 0 Å². The maximum atomic E-state index is 8.88. The summed E-state index contributed by atoms with van der Waals surface area (Å²) < 4.78 is 0. The average Bonchev–Trinajstić information content (AvgIpc) is 2.03. The number of nitrogens with one attached hydrogen (secondary N) is 1. The Bertz CT molecular complexity index is 159. The predicted octanol–water partition coefficient (Wildman–Crippen LogP) is 0.299. The van der Waals surface area contributed by atoms with Gasteiger partial charge in [0.25, 0.3) is 0 Å². The van der Waals surface area contributed by atoms with E-state index in [2.05, 4.69) is 31.1 Å². The molecule has 0 aromatic heterocycles. The largest absolute Gasteiger partial charge is 0.395 e. The van der Waals surface area contributed by atoms with Crippen LogP contribution in [0.3, 0.4) is 0 Å². The molecule has 1 unspecified atom stereocenters. The molecule has 1 heterocycles. The molecule has 3 nitrogen and oxygen atoms in total. The summed E-state index contributed by atoms with van der Waals surface area (Å²) in [5, 5.41) is 12.3. The van der Waals surface area contributed by atoms with Crippen LogP contribution in [0.5, 0.6) is 0 Å². The Morgan fingerprint density at radius 2 is 2.23 bits per heavy atom. The van der Waals surface area contributed by atoms with Gasteiger partial charge in [-0.2, -0.15) is 0 Å². The van der Waals surface area contributed by atoms with Crippen molar-refractivity contribution in [2.45, 2.75) is 26.3 Å². The van der Waals surface area contributed by atoms with Gasteiger partial charge in [0.1, 0.15) is 0 Å². The molecule has 13 heavy (non-hydrogen) atoms. The van der Waals surface area contributed by atoms with Crippen molar-refractivity contribution in [3.63, 3.8) is 0 Å². The topological polar surface area (TPSA) is 35.5 Å². The van der Waals surface area contributed by atoms with Crippen LogP contribution < -0.4 is 5.32 Å². The van der Waals surface area contributed by atoms with Crippen LogP contribution in [0.4, 0.5) is 0 Å². The van der Waals surface area contributed by atoms with Crippen LogP contribution in [0.15, 0.2) is 0 Å². The van der Waals surface area contributed by atoms with Crippen molar-refractivity contribution >= 4 is 0 Å². The Labute approximate surface area is 81.1 Å². The van der Waals surface area contributed by atoms with Crippen LogP contribution in [-0.2, 0) is 0 Å². The number of aliphatic hydroxyl groups is 1. The summed E-state index contributed by atoms with van der Waals surface area (Å²) in [5.74, 6) is 0. The van der Waals surface area contributed by atoms with Crippen LogP contribution in [-0.4, -0.2) is 49.3 Å². The molecule has 78 valence electrons. The number of hydrogen-bond acceptors (Lipinski definition) is 3. The third-order valence-electron chi connectivity index (χ3n) is 3.06. The Morgan fingerprint density at radius 3 is 2.77 bits per heavy atom. The average molecular weight is 186 g/mol. The van der Waals surface area contributed by atoms with Gasteiger partial charge in [0.15, 0.2) is 0 Å². The minimum Gasteiger partial charge on any atom is -0.395 e. The minimum atomic E-state index is 0.260. The van der Waals surface area contributed by atoms with Gasteiger partial charge in [-0.05, 0) is 25.4 Å². The molecule has 1 saturated heterocycles. The maximum absolute atomic E-state index is 8.88. The Kier molecular flexibility index (Phi) is 3.71. The Morgan fingerprint density at radius 1 is 1.54 bits per heavy atom. The summed E-state index contributed by atoms with van der Waals surface area (Å²) in [6.45, 7) is 7.80. The summed E-state index contributed by atoms with van der Waals surface area (Å²) in [6, 6.07) is 0.598. The van der Waals surface area contributed by atoms with Gasteiger partial charge < -0.3 is 15.3 Å². The van der Waals surface area contributed by atoms with Crippen molar-refractivity contribution in [3.8, 4) is 0 Å². The molecule has 0 aromatic rings. The molecule has 0 bridgehead atoms. The lowest BCUT2D eigenvalue weighted by molar-refractivity contribution is 0.0664. The Hall–Kier alpha value is -0.120. The molecule has 2 N–H and O–H groups in total. The highest BCUT2D eigenvalue weighted by atomic mass is 16.3. The zero-order valence-corrected chi connectivity index (χ0v) is 9.01. The summed E-state index contributed by atoms with van der Waals surface area (Å²) >= 11 is 0. The first-order chi connectivity index (χ1) is 6.08. The fourth-order valence-corrected chi connectivity index (χ4v) is 2.29. The summed E-state index contributed by atoms with van der Waals surface area (Å²) in [4.78, 5) is 2.28. The molecular formula is C10H22N2O. The van der Waals surface area contributed by atoms with Gasteiger partial charge in [0.05, 0.1) is 6.61 Å². The van der Waals surface area contributed by atoms with E-state index < -0.39 is 0 Å². The highest BCUT2D eigenvalue weighted by Gasteiger charge is 2.34. The van der Waals surface area contributed by atoms with Crippen molar-refractivity contribution in [2.75, 3.05) is 33.3 Å². The molecular weight excluding hydrogens is 164 g/mol. The zero-order chi connectivity index (χ0) is 9.90. The van der Waals surface area contributed by atoms with Crippen molar-refractivity contribution < 1.29 is 5.11 Å². The number of hydrogen-bond donors (Lipinski definition) is 2. The number of rotatable bonds is 3. The second-order valence-corrected chi connectivity index (χ2v) is 4.67. The first kappa shape index (κ1) is 11.0. The normalized spacial score (nSPS) is 27.9. The molecule has 0 saturated carbocycles. The lowest BCUT2D eigenvalue weighted by Crippen LogP contribution is -2.53. The summed E-state index contributed by atoms with van der Waals surface area (Å²) in [5.41, 5.74) is 0.322. The zero-order valence-electron chi connectivity index (χ0n) is 9.01. The number of nitrogens with zero attached hydrogens (tertiary/aromatic N) is 1.